The van der Waals surface area contributed by atoms with E-state index in [1.165, 1.54) is 17.5 Å². The molecule has 4 heteroatoms. The highest BCUT2D eigenvalue weighted by Crippen LogP contribution is 2.23. The van der Waals surface area contributed by atoms with Gasteiger partial charge in [-0.3, -0.25) is 9.59 Å². The number of fused-ring (bicyclic) bond motifs is 1. The molecule has 0 fully saturated rings. The van der Waals surface area contributed by atoms with Gasteiger partial charge < -0.3 is 11.1 Å². The summed E-state index contributed by atoms with van der Waals surface area (Å²) >= 11 is 0. The van der Waals surface area contributed by atoms with Crippen LogP contribution in [0.5, 0.6) is 0 Å². The number of rotatable bonds is 7. The van der Waals surface area contributed by atoms with Gasteiger partial charge in [0.1, 0.15) is 0 Å². The quantitative estimate of drug-likeness (QED) is 0.752. The van der Waals surface area contributed by atoms with E-state index in [1.54, 1.807) is 0 Å². The molecule has 1 unspecified atom stereocenters. The van der Waals surface area contributed by atoms with Gasteiger partial charge in [0.2, 0.25) is 5.91 Å². The third kappa shape index (κ3) is 4.39. The monoisotopic (exact) mass is 288 g/mol. The Kier molecular flexibility index (Phi) is 5.51. The number of carbonyl (C=O) groups is 2. The smallest absolute Gasteiger partial charge is 0.220 e. The summed E-state index contributed by atoms with van der Waals surface area (Å²) in [6.07, 6.45) is 3.86. The Hall–Kier alpha value is -1.68. The second-order valence-corrected chi connectivity index (χ2v) is 5.91. The highest BCUT2D eigenvalue weighted by Gasteiger charge is 2.15. The maximum absolute atomic E-state index is 12.1. The summed E-state index contributed by atoms with van der Waals surface area (Å²) in [6, 6.07) is 5.94. The zero-order chi connectivity index (χ0) is 15.2. The molecule has 1 aromatic carbocycles. The van der Waals surface area contributed by atoms with Gasteiger partial charge in [-0.15, -0.1) is 0 Å². The van der Waals surface area contributed by atoms with Gasteiger partial charge in [-0.05, 0) is 48.9 Å². The first kappa shape index (κ1) is 15.7. The molecule has 1 aliphatic carbocycles. The summed E-state index contributed by atoms with van der Waals surface area (Å²) in [5.41, 5.74) is 8.89. The van der Waals surface area contributed by atoms with Crippen molar-refractivity contribution < 1.29 is 9.59 Å². The standard InChI is InChI=1S/C17H24N2O2/c1-12(10-18)11-19-17(21)8-7-16(20)15-6-5-13-3-2-4-14(13)9-15/h5-6,9,12H,2-4,7-8,10-11,18H2,1H3,(H,19,21). The highest BCUT2D eigenvalue weighted by atomic mass is 16.2. The number of aryl methyl sites for hydroxylation is 2. The van der Waals surface area contributed by atoms with Crippen LogP contribution in [0.4, 0.5) is 0 Å². The van der Waals surface area contributed by atoms with Crippen LogP contribution in [0.1, 0.15) is 47.7 Å². The Bertz CT molecular complexity index is 526. The van der Waals surface area contributed by atoms with Gasteiger partial charge in [-0.25, -0.2) is 0 Å². The lowest BCUT2D eigenvalue weighted by atomic mass is 10.0. The number of Topliss-reactive ketones (excluding diaryl/α,β-unsaturated/α-hetero) is 1. The third-order valence-electron chi connectivity index (χ3n) is 4.05. The predicted octanol–water partition coefficient (Wildman–Crippen LogP) is 1.85. The van der Waals surface area contributed by atoms with Gasteiger partial charge in [0.05, 0.1) is 0 Å². The fourth-order valence-corrected chi connectivity index (χ4v) is 2.58. The van der Waals surface area contributed by atoms with Crippen molar-refractivity contribution in [1.82, 2.24) is 5.32 Å². The second kappa shape index (κ2) is 7.36. The van der Waals surface area contributed by atoms with Crippen LogP contribution in [0.25, 0.3) is 0 Å². The number of hydrogen-bond donors (Lipinski definition) is 2. The van der Waals surface area contributed by atoms with Crippen LogP contribution in [0, 0.1) is 5.92 Å². The number of carbonyl (C=O) groups excluding carboxylic acids is 2. The lowest BCUT2D eigenvalue weighted by molar-refractivity contribution is -0.121. The third-order valence-corrected chi connectivity index (χ3v) is 4.05. The largest absolute Gasteiger partial charge is 0.356 e. The number of amides is 1. The Balaban J connectivity index is 1.80. The molecule has 21 heavy (non-hydrogen) atoms. The number of ketones is 1. The van der Waals surface area contributed by atoms with Gasteiger partial charge in [-0.2, -0.15) is 0 Å². The van der Waals surface area contributed by atoms with Crippen molar-refractivity contribution in [3.8, 4) is 0 Å². The zero-order valence-corrected chi connectivity index (χ0v) is 12.7. The fraction of sp³-hybridized carbons (Fsp3) is 0.529. The first-order valence-corrected chi connectivity index (χ1v) is 7.72. The molecule has 1 amide bonds. The predicted molar refractivity (Wildman–Crippen MR) is 83.3 cm³/mol. The number of benzene rings is 1. The molecular formula is C17H24N2O2. The molecule has 0 aliphatic heterocycles. The molecule has 0 spiro atoms. The summed E-state index contributed by atoms with van der Waals surface area (Å²) in [5.74, 6) is 0.234. The van der Waals surface area contributed by atoms with E-state index in [0.717, 1.165) is 18.4 Å². The van der Waals surface area contributed by atoms with Gasteiger partial charge in [0.15, 0.2) is 5.78 Å². The summed E-state index contributed by atoms with van der Waals surface area (Å²) in [5, 5.41) is 2.81. The lowest BCUT2D eigenvalue weighted by Crippen LogP contribution is -2.31. The molecule has 0 aromatic heterocycles. The maximum atomic E-state index is 12.1. The molecule has 0 bridgehead atoms. The zero-order valence-electron chi connectivity index (χ0n) is 12.7. The van der Waals surface area contributed by atoms with Crippen LogP contribution >= 0.6 is 0 Å². The summed E-state index contributed by atoms with van der Waals surface area (Å²) in [6.45, 7) is 3.10. The van der Waals surface area contributed by atoms with Crippen molar-refractivity contribution in [1.29, 1.82) is 0 Å². The van der Waals surface area contributed by atoms with E-state index in [9.17, 15) is 9.59 Å². The van der Waals surface area contributed by atoms with Crippen LogP contribution in [-0.2, 0) is 17.6 Å². The summed E-state index contributed by atoms with van der Waals surface area (Å²) in [4.78, 5) is 23.8. The molecule has 0 heterocycles. The molecule has 114 valence electrons. The number of nitrogens with two attached hydrogens (primary N) is 1. The van der Waals surface area contributed by atoms with E-state index in [1.807, 2.05) is 19.1 Å². The molecule has 0 saturated carbocycles. The van der Waals surface area contributed by atoms with Gasteiger partial charge >= 0.3 is 0 Å². The topological polar surface area (TPSA) is 72.2 Å². The lowest BCUT2D eigenvalue weighted by Gasteiger charge is -2.10. The van der Waals surface area contributed by atoms with Gasteiger partial charge in [0.25, 0.3) is 0 Å². The van der Waals surface area contributed by atoms with E-state index in [-0.39, 0.29) is 30.4 Å². The van der Waals surface area contributed by atoms with E-state index in [0.29, 0.717) is 13.1 Å². The average Bonchev–Trinajstić information content (AvgIpc) is 2.97. The Morgan fingerprint density at radius 3 is 2.76 bits per heavy atom. The molecule has 4 nitrogen and oxygen atoms in total. The summed E-state index contributed by atoms with van der Waals surface area (Å²) in [7, 11) is 0. The van der Waals surface area contributed by atoms with Crippen LogP contribution < -0.4 is 11.1 Å². The van der Waals surface area contributed by atoms with Gasteiger partial charge in [-0.1, -0.05) is 19.1 Å². The minimum absolute atomic E-state index is 0.0479. The van der Waals surface area contributed by atoms with Crippen LogP contribution in [0.15, 0.2) is 18.2 Å². The molecule has 1 aromatic rings. The van der Waals surface area contributed by atoms with Crippen molar-refractivity contribution in [3.05, 3.63) is 34.9 Å². The Morgan fingerprint density at radius 1 is 1.24 bits per heavy atom. The minimum atomic E-state index is -0.0789. The first-order chi connectivity index (χ1) is 10.1. The van der Waals surface area contributed by atoms with Crippen molar-refractivity contribution in [2.24, 2.45) is 11.7 Å². The molecule has 3 N–H and O–H groups in total. The van der Waals surface area contributed by atoms with Crippen molar-refractivity contribution in [3.63, 3.8) is 0 Å². The van der Waals surface area contributed by atoms with Crippen molar-refractivity contribution in [2.45, 2.75) is 39.0 Å². The maximum Gasteiger partial charge on any atom is 0.220 e. The highest BCUT2D eigenvalue weighted by molar-refractivity contribution is 5.98. The average molecular weight is 288 g/mol. The molecule has 0 radical (unpaired) electrons. The first-order valence-electron chi connectivity index (χ1n) is 7.72. The minimum Gasteiger partial charge on any atom is -0.356 e. The van der Waals surface area contributed by atoms with Crippen molar-refractivity contribution >= 4 is 11.7 Å². The normalized spacial score (nSPS) is 14.6. The molecule has 0 saturated heterocycles. The van der Waals surface area contributed by atoms with Crippen molar-refractivity contribution in [2.75, 3.05) is 13.1 Å². The Labute approximate surface area is 126 Å². The Morgan fingerprint density at radius 2 is 2.00 bits per heavy atom. The molecule has 1 aliphatic rings. The second-order valence-electron chi connectivity index (χ2n) is 5.91. The van der Waals surface area contributed by atoms with Crippen LogP contribution in [-0.4, -0.2) is 24.8 Å². The van der Waals surface area contributed by atoms with Crippen LogP contribution in [0.3, 0.4) is 0 Å². The molecular weight excluding hydrogens is 264 g/mol. The van der Waals surface area contributed by atoms with Crippen LogP contribution in [0.2, 0.25) is 0 Å². The molecule has 2 rings (SSSR count). The van der Waals surface area contributed by atoms with E-state index >= 15 is 0 Å². The fourth-order valence-electron chi connectivity index (χ4n) is 2.58. The van der Waals surface area contributed by atoms with Gasteiger partial charge in [0, 0.05) is 24.9 Å². The summed E-state index contributed by atoms with van der Waals surface area (Å²) < 4.78 is 0. The number of nitrogens with one attached hydrogen (secondary N) is 1. The van der Waals surface area contributed by atoms with E-state index in [2.05, 4.69) is 11.4 Å². The molecule has 1 atom stereocenters. The van der Waals surface area contributed by atoms with E-state index < -0.39 is 0 Å². The SMILES string of the molecule is CC(CN)CNC(=O)CCC(=O)c1ccc2c(c1)CCC2. The van der Waals surface area contributed by atoms with E-state index in [4.69, 9.17) is 5.73 Å². The number of hydrogen-bond acceptors (Lipinski definition) is 3.